The topological polar surface area (TPSA) is 50.9 Å². The van der Waals surface area contributed by atoms with Crippen LogP contribution in [0.4, 0.5) is 5.82 Å². The summed E-state index contributed by atoms with van der Waals surface area (Å²) in [7, 11) is 1.98. The minimum Gasteiger partial charge on any atom is -0.383 e. The first-order valence-electron chi connectivity index (χ1n) is 7.13. The standard InChI is InChI=1S/C18H19N3/c1-20-17(12-16-7-4-10-21-18(16)19)15-9-8-13-5-2-3-6-14(13)11-15/h2-11,17,20H,12H2,1H3,(H2,19,21). The Bertz CT molecular complexity index is 752. The molecule has 21 heavy (non-hydrogen) atoms. The molecular formula is C18H19N3. The van der Waals surface area contributed by atoms with E-state index in [4.69, 9.17) is 5.73 Å². The summed E-state index contributed by atoms with van der Waals surface area (Å²) in [6.07, 6.45) is 2.55. The van der Waals surface area contributed by atoms with Crippen LogP contribution < -0.4 is 11.1 Å². The Morgan fingerprint density at radius 2 is 1.86 bits per heavy atom. The van der Waals surface area contributed by atoms with E-state index >= 15 is 0 Å². The maximum atomic E-state index is 5.95. The van der Waals surface area contributed by atoms with Crippen molar-refractivity contribution < 1.29 is 0 Å². The van der Waals surface area contributed by atoms with Crippen LogP contribution in [0.25, 0.3) is 10.8 Å². The van der Waals surface area contributed by atoms with Crippen LogP contribution in [0.3, 0.4) is 0 Å². The van der Waals surface area contributed by atoms with E-state index in [-0.39, 0.29) is 6.04 Å². The highest BCUT2D eigenvalue weighted by Crippen LogP contribution is 2.24. The van der Waals surface area contributed by atoms with Crippen molar-refractivity contribution in [2.45, 2.75) is 12.5 Å². The Labute approximate surface area is 124 Å². The third-order valence-corrected chi connectivity index (χ3v) is 3.87. The second kappa shape index (κ2) is 5.94. The monoisotopic (exact) mass is 277 g/mol. The number of hydrogen-bond donors (Lipinski definition) is 2. The fourth-order valence-corrected chi connectivity index (χ4v) is 2.65. The molecule has 1 aromatic heterocycles. The Morgan fingerprint density at radius 1 is 1.05 bits per heavy atom. The first-order valence-corrected chi connectivity index (χ1v) is 7.13. The summed E-state index contributed by atoms with van der Waals surface area (Å²) in [6, 6.07) is 19.2. The van der Waals surface area contributed by atoms with E-state index in [1.54, 1.807) is 6.20 Å². The predicted molar refractivity (Wildman–Crippen MR) is 88.1 cm³/mol. The van der Waals surface area contributed by atoms with Gasteiger partial charge in [-0.3, -0.25) is 0 Å². The second-order valence-electron chi connectivity index (χ2n) is 5.20. The van der Waals surface area contributed by atoms with E-state index in [9.17, 15) is 0 Å². The molecule has 3 heteroatoms. The molecule has 3 nitrogen and oxygen atoms in total. The Kier molecular flexibility index (Phi) is 3.84. The van der Waals surface area contributed by atoms with E-state index in [2.05, 4.69) is 52.8 Å². The molecule has 0 bridgehead atoms. The summed E-state index contributed by atoms with van der Waals surface area (Å²) in [5, 5.41) is 5.90. The van der Waals surface area contributed by atoms with Gasteiger partial charge in [0, 0.05) is 12.2 Å². The molecule has 106 valence electrons. The van der Waals surface area contributed by atoms with Crippen LogP contribution in [0.2, 0.25) is 0 Å². The first-order chi connectivity index (χ1) is 10.3. The number of fused-ring (bicyclic) bond motifs is 1. The first kappa shape index (κ1) is 13.6. The smallest absolute Gasteiger partial charge is 0.126 e. The molecule has 2 aromatic carbocycles. The fraction of sp³-hybridized carbons (Fsp3) is 0.167. The lowest BCUT2D eigenvalue weighted by molar-refractivity contribution is 0.593. The molecule has 0 aliphatic carbocycles. The van der Waals surface area contributed by atoms with Gasteiger partial charge in [0.05, 0.1) is 0 Å². The Morgan fingerprint density at radius 3 is 2.62 bits per heavy atom. The van der Waals surface area contributed by atoms with Gasteiger partial charge in [-0.1, -0.05) is 42.5 Å². The van der Waals surface area contributed by atoms with Gasteiger partial charge in [-0.15, -0.1) is 0 Å². The third kappa shape index (κ3) is 2.88. The molecule has 3 aromatic rings. The van der Waals surface area contributed by atoms with Gasteiger partial charge in [-0.2, -0.15) is 0 Å². The summed E-state index contributed by atoms with van der Waals surface area (Å²) in [5.41, 5.74) is 8.29. The number of pyridine rings is 1. The Balaban J connectivity index is 1.93. The van der Waals surface area contributed by atoms with Crippen molar-refractivity contribution in [1.82, 2.24) is 10.3 Å². The molecule has 0 saturated heterocycles. The van der Waals surface area contributed by atoms with Gasteiger partial charge < -0.3 is 11.1 Å². The molecule has 0 aliphatic heterocycles. The van der Waals surface area contributed by atoms with E-state index < -0.39 is 0 Å². The molecule has 1 heterocycles. The number of aromatic nitrogens is 1. The number of hydrogen-bond acceptors (Lipinski definition) is 3. The van der Waals surface area contributed by atoms with Crippen molar-refractivity contribution in [3.63, 3.8) is 0 Å². The van der Waals surface area contributed by atoms with Crippen LogP contribution in [0.1, 0.15) is 17.2 Å². The van der Waals surface area contributed by atoms with Crippen LogP contribution >= 0.6 is 0 Å². The number of rotatable bonds is 4. The molecule has 0 fully saturated rings. The molecule has 0 spiro atoms. The molecule has 1 unspecified atom stereocenters. The number of likely N-dealkylation sites (N-methyl/N-ethyl adjacent to an activating group) is 1. The normalized spacial score (nSPS) is 12.4. The second-order valence-corrected chi connectivity index (χ2v) is 5.20. The lowest BCUT2D eigenvalue weighted by Gasteiger charge is -2.18. The van der Waals surface area contributed by atoms with Crippen LogP contribution in [0.5, 0.6) is 0 Å². The molecule has 0 aliphatic rings. The molecule has 3 rings (SSSR count). The van der Waals surface area contributed by atoms with E-state index in [0.29, 0.717) is 5.82 Å². The Hall–Kier alpha value is -2.39. The van der Waals surface area contributed by atoms with Crippen LogP contribution in [0, 0.1) is 0 Å². The van der Waals surface area contributed by atoms with Gasteiger partial charge in [0.2, 0.25) is 0 Å². The highest BCUT2D eigenvalue weighted by atomic mass is 14.9. The van der Waals surface area contributed by atoms with E-state index in [0.717, 1.165) is 12.0 Å². The molecular weight excluding hydrogens is 258 g/mol. The van der Waals surface area contributed by atoms with Crippen LogP contribution in [0.15, 0.2) is 60.8 Å². The highest BCUT2D eigenvalue weighted by molar-refractivity contribution is 5.83. The third-order valence-electron chi connectivity index (χ3n) is 3.87. The average Bonchev–Trinajstić information content (AvgIpc) is 2.54. The predicted octanol–water partition coefficient (Wildman–Crippen LogP) is 3.32. The van der Waals surface area contributed by atoms with Crippen molar-refractivity contribution in [2.75, 3.05) is 12.8 Å². The fourth-order valence-electron chi connectivity index (χ4n) is 2.65. The molecule has 3 N–H and O–H groups in total. The number of benzene rings is 2. The van der Waals surface area contributed by atoms with Gasteiger partial charge >= 0.3 is 0 Å². The summed E-state index contributed by atoms with van der Waals surface area (Å²) < 4.78 is 0. The SMILES string of the molecule is CNC(Cc1cccnc1N)c1ccc2ccccc2c1. The highest BCUT2D eigenvalue weighted by Gasteiger charge is 2.12. The molecule has 0 radical (unpaired) electrons. The lowest BCUT2D eigenvalue weighted by atomic mass is 9.97. The maximum Gasteiger partial charge on any atom is 0.126 e. The minimum absolute atomic E-state index is 0.223. The van der Waals surface area contributed by atoms with Gasteiger partial charge in [-0.25, -0.2) is 4.98 Å². The van der Waals surface area contributed by atoms with Crippen LogP contribution in [-0.4, -0.2) is 12.0 Å². The van der Waals surface area contributed by atoms with Crippen molar-refractivity contribution in [2.24, 2.45) is 0 Å². The van der Waals surface area contributed by atoms with E-state index in [1.807, 2.05) is 19.2 Å². The number of nitrogen functional groups attached to an aromatic ring is 1. The number of anilines is 1. The van der Waals surface area contributed by atoms with Gasteiger partial charge in [0.15, 0.2) is 0 Å². The van der Waals surface area contributed by atoms with Gasteiger partial charge in [-0.05, 0) is 47.5 Å². The number of nitrogens with two attached hydrogens (primary N) is 1. The van der Waals surface area contributed by atoms with Gasteiger partial charge in [0.1, 0.15) is 5.82 Å². The van der Waals surface area contributed by atoms with Gasteiger partial charge in [0.25, 0.3) is 0 Å². The number of nitrogens with zero attached hydrogens (tertiary/aromatic N) is 1. The summed E-state index contributed by atoms with van der Waals surface area (Å²) in [6.45, 7) is 0. The molecule has 1 atom stereocenters. The van der Waals surface area contributed by atoms with Crippen molar-refractivity contribution >= 4 is 16.6 Å². The summed E-state index contributed by atoms with van der Waals surface area (Å²) >= 11 is 0. The lowest BCUT2D eigenvalue weighted by Crippen LogP contribution is -2.19. The molecule has 0 amide bonds. The average molecular weight is 277 g/mol. The minimum atomic E-state index is 0.223. The number of nitrogens with one attached hydrogen (secondary N) is 1. The maximum absolute atomic E-state index is 5.95. The van der Waals surface area contributed by atoms with Crippen molar-refractivity contribution in [1.29, 1.82) is 0 Å². The zero-order valence-corrected chi connectivity index (χ0v) is 12.1. The van der Waals surface area contributed by atoms with E-state index in [1.165, 1.54) is 16.3 Å². The quantitative estimate of drug-likeness (QED) is 0.769. The largest absolute Gasteiger partial charge is 0.383 e. The van der Waals surface area contributed by atoms with Crippen molar-refractivity contribution in [3.05, 3.63) is 71.9 Å². The summed E-state index contributed by atoms with van der Waals surface area (Å²) in [5.74, 6) is 0.610. The summed E-state index contributed by atoms with van der Waals surface area (Å²) in [4.78, 5) is 4.16. The zero-order valence-electron chi connectivity index (χ0n) is 12.1. The van der Waals surface area contributed by atoms with Crippen molar-refractivity contribution in [3.8, 4) is 0 Å². The van der Waals surface area contributed by atoms with Crippen LogP contribution in [-0.2, 0) is 6.42 Å². The zero-order chi connectivity index (χ0) is 14.7. The molecule has 0 saturated carbocycles.